The van der Waals surface area contributed by atoms with Gasteiger partial charge in [-0.05, 0) is 6.92 Å². The summed E-state index contributed by atoms with van der Waals surface area (Å²) in [5.41, 5.74) is 0. The summed E-state index contributed by atoms with van der Waals surface area (Å²) >= 11 is 0.963. The van der Waals surface area contributed by atoms with Crippen LogP contribution < -0.4 is 0 Å². The number of carbonyl (C=O) groups is 2. The molecule has 0 saturated heterocycles. The molecule has 18 heavy (non-hydrogen) atoms. The van der Waals surface area contributed by atoms with E-state index in [1.165, 1.54) is 6.92 Å². The molecule has 1 aromatic carbocycles. The molecule has 0 heterocycles. The van der Waals surface area contributed by atoms with E-state index in [2.05, 4.69) is 7.80 Å². The third kappa shape index (κ3) is 5.89. The lowest BCUT2D eigenvalue weighted by Gasteiger charge is -2.09. The van der Waals surface area contributed by atoms with Crippen molar-refractivity contribution in [3.63, 3.8) is 0 Å². The summed E-state index contributed by atoms with van der Waals surface area (Å²) in [6, 6.07) is 12.0. The molecule has 100 valence electrons. The van der Waals surface area contributed by atoms with Crippen molar-refractivity contribution in [3.8, 4) is 0 Å². The van der Waals surface area contributed by atoms with Crippen LogP contribution in [0.2, 0.25) is 0 Å². The van der Waals surface area contributed by atoms with E-state index in [9.17, 15) is 18.4 Å². The van der Waals surface area contributed by atoms with E-state index < -0.39 is 17.9 Å². The zero-order chi connectivity index (χ0) is 14.0. The molecular formula is C11H11F2IO4. The Hall–Kier alpha value is -1.25. The molecule has 0 atom stereocenters. The fourth-order valence-electron chi connectivity index (χ4n) is 0.738. The topological polar surface area (TPSA) is 52.6 Å². The van der Waals surface area contributed by atoms with Gasteiger partial charge in [0.25, 0.3) is 0 Å². The second-order valence-electron chi connectivity index (χ2n) is 2.81. The lowest BCUT2D eigenvalue weighted by Crippen LogP contribution is -2.39. The zero-order valence-electron chi connectivity index (χ0n) is 9.44. The second kappa shape index (κ2) is 8.78. The molecule has 7 heteroatoms. The van der Waals surface area contributed by atoms with Crippen LogP contribution >= 0.6 is 23.0 Å². The van der Waals surface area contributed by atoms with Gasteiger partial charge in [-0.25, -0.2) is 9.59 Å². The van der Waals surface area contributed by atoms with Gasteiger partial charge in [0.2, 0.25) is 0 Å². The van der Waals surface area contributed by atoms with Gasteiger partial charge in [-0.3, -0.25) is 0 Å². The van der Waals surface area contributed by atoms with Gasteiger partial charge in [-0.2, -0.15) is 8.78 Å². The molecule has 0 aromatic heterocycles. The van der Waals surface area contributed by atoms with E-state index in [4.69, 9.17) is 0 Å². The maximum Gasteiger partial charge on any atom is 0.438 e. The Labute approximate surface area is 117 Å². The van der Waals surface area contributed by atoms with Gasteiger partial charge in [-0.15, -0.1) is 0 Å². The van der Waals surface area contributed by atoms with Crippen molar-refractivity contribution >= 4 is 34.9 Å². The molecule has 4 nitrogen and oxygen atoms in total. The van der Waals surface area contributed by atoms with Crippen LogP contribution in [0.4, 0.5) is 8.78 Å². The minimum atomic E-state index is -4.21. The third-order valence-corrected chi connectivity index (χ3v) is 1.92. The van der Waals surface area contributed by atoms with E-state index in [0.717, 1.165) is 23.0 Å². The van der Waals surface area contributed by atoms with E-state index in [0.29, 0.717) is 0 Å². The van der Waals surface area contributed by atoms with Crippen LogP contribution in [0.1, 0.15) is 6.92 Å². The molecule has 0 N–H and O–H groups in total. The fourth-order valence-corrected chi connectivity index (χ4v) is 1.01. The van der Waals surface area contributed by atoms with Crippen molar-refractivity contribution in [1.29, 1.82) is 0 Å². The number of hydrogen-bond donors (Lipinski definition) is 0. The molecule has 0 saturated carbocycles. The molecule has 0 aliphatic heterocycles. The number of carbonyl (C=O) groups excluding carboxylic acids is 2. The van der Waals surface area contributed by atoms with Gasteiger partial charge in [0.1, 0.15) is 0 Å². The van der Waals surface area contributed by atoms with Crippen LogP contribution in [0.15, 0.2) is 36.4 Å². The highest BCUT2D eigenvalue weighted by Crippen LogP contribution is 2.18. The van der Waals surface area contributed by atoms with E-state index >= 15 is 0 Å². The van der Waals surface area contributed by atoms with Gasteiger partial charge in [0.05, 0.1) is 6.61 Å². The Morgan fingerprint density at radius 1 is 1.06 bits per heavy atom. The molecule has 0 radical (unpaired) electrons. The predicted molar refractivity (Wildman–Crippen MR) is 68.1 cm³/mol. The molecule has 0 bridgehead atoms. The van der Waals surface area contributed by atoms with Gasteiger partial charge >= 0.3 is 17.9 Å². The molecule has 1 aromatic rings. The monoisotopic (exact) mass is 372 g/mol. The van der Waals surface area contributed by atoms with Crippen LogP contribution in [-0.2, 0) is 17.4 Å². The maximum absolute atomic E-state index is 12.4. The SMILES string of the molecule is CCOC(=O)C(F)(F)C(=O)OI.c1ccccc1. The third-order valence-electron chi connectivity index (χ3n) is 1.52. The van der Waals surface area contributed by atoms with Gasteiger partial charge < -0.3 is 7.80 Å². The van der Waals surface area contributed by atoms with Crippen molar-refractivity contribution in [3.05, 3.63) is 36.4 Å². The molecule has 0 fully saturated rings. The van der Waals surface area contributed by atoms with Gasteiger partial charge in [0.15, 0.2) is 23.0 Å². The highest BCUT2D eigenvalue weighted by atomic mass is 127. The standard InChI is InChI=1S/C6H6.C5H5F2IO4/c1-2-4-6-5-3-1;1-2-11-3(9)5(6,7)4(10)12-8/h1-6H;2H2,1H3. The first-order chi connectivity index (χ1) is 8.46. The average Bonchev–Trinajstić information content (AvgIpc) is 2.40. The van der Waals surface area contributed by atoms with Crippen molar-refractivity contribution in [2.24, 2.45) is 0 Å². The lowest BCUT2D eigenvalue weighted by atomic mass is 10.3. The fraction of sp³-hybridized carbons (Fsp3) is 0.273. The first-order valence-electron chi connectivity index (χ1n) is 4.84. The average molecular weight is 372 g/mol. The Morgan fingerprint density at radius 3 is 1.72 bits per heavy atom. The Balaban J connectivity index is 0.000000397. The maximum atomic E-state index is 12.4. The van der Waals surface area contributed by atoms with Crippen LogP contribution in [0.5, 0.6) is 0 Å². The Bertz CT molecular complexity index is 344. The molecule has 1 rings (SSSR count). The predicted octanol–water partition coefficient (Wildman–Crippen LogP) is 2.76. The number of hydrogen-bond acceptors (Lipinski definition) is 4. The largest absolute Gasteiger partial charge is 0.461 e. The summed E-state index contributed by atoms with van der Waals surface area (Å²) in [5.74, 6) is -8.04. The molecular weight excluding hydrogens is 361 g/mol. The van der Waals surface area contributed by atoms with Crippen LogP contribution in [0.3, 0.4) is 0 Å². The quantitative estimate of drug-likeness (QED) is 0.465. The minimum absolute atomic E-state index is 0.219. The van der Waals surface area contributed by atoms with Crippen molar-refractivity contribution in [2.75, 3.05) is 6.61 Å². The molecule has 0 unspecified atom stereocenters. The Morgan fingerprint density at radius 2 is 1.44 bits per heavy atom. The first-order valence-corrected chi connectivity index (χ1v) is 5.73. The molecule has 0 aliphatic rings. The van der Waals surface area contributed by atoms with Crippen LogP contribution in [-0.4, -0.2) is 24.5 Å². The van der Waals surface area contributed by atoms with E-state index in [1.807, 2.05) is 36.4 Å². The van der Waals surface area contributed by atoms with Gasteiger partial charge in [0, 0.05) is 0 Å². The normalized spacial score (nSPS) is 9.78. The first kappa shape index (κ1) is 16.8. The number of rotatable bonds is 3. The summed E-state index contributed by atoms with van der Waals surface area (Å²) in [6.45, 7) is 1.13. The number of benzene rings is 1. The number of alkyl halides is 2. The number of esters is 1. The van der Waals surface area contributed by atoms with Crippen LogP contribution in [0.25, 0.3) is 0 Å². The summed E-state index contributed by atoms with van der Waals surface area (Å²) in [7, 11) is 0. The summed E-state index contributed by atoms with van der Waals surface area (Å²) < 4.78 is 32.5. The van der Waals surface area contributed by atoms with E-state index in [-0.39, 0.29) is 6.61 Å². The van der Waals surface area contributed by atoms with Gasteiger partial charge in [-0.1, -0.05) is 36.4 Å². The Kier molecular flexibility index (Phi) is 8.17. The summed E-state index contributed by atoms with van der Waals surface area (Å²) in [6.07, 6.45) is 0. The summed E-state index contributed by atoms with van der Waals surface area (Å²) in [4.78, 5) is 20.7. The lowest BCUT2D eigenvalue weighted by molar-refractivity contribution is -0.183. The number of halogens is 3. The minimum Gasteiger partial charge on any atom is -0.461 e. The van der Waals surface area contributed by atoms with Crippen molar-refractivity contribution < 1.29 is 26.2 Å². The van der Waals surface area contributed by atoms with Crippen molar-refractivity contribution in [1.82, 2.24) is 0 Å². The molecule has 0 spiro atoms. The smallest absolute Gasteiger partial charge is 0.438 e. The second-order valence-corrected chi connectivity index (χ2v) is 3.25. The highest BCUT2D eigenvalue weighted by molar-refractivity contribution is 14.1. The zero-order valence-corrected chi connectivity index (χ0v) is 11.6. The van der Waals surface area contributed by atoms with Crippen LogP contribution in [0, 0.1) is 0 Å². The highest BCUT2D eigenvalue weighted by Gasteiger charge is 2.50. The summed E-state index contributed by atoms with van der Waals surface area (Å²) in [5, 5.41) is 0. The molecule has 0 amide bonds. The van der Waals surface area contributed by atoms with Crippen molar-refractivity contribution in [2.45, 2.75) is 12.8 Å². The van der Waals surface area contributed by atoms with E-state index in [1.54, 1.807) is 0 Å². The number of ether oxygens (including phenoxy) is 1. The molecule has 0 aliphatic carbocycles.